The number of aryl methyl sites for hydroxylation is 1. The summed E-state index contributed by atoms with van der Waals surface area (Å²) in [7, 11) is 0. The molecule has 1 amide bonds. The molecule has 2 heterocycles. The van der Waals surface area contributed by atoms with E-state index in [1.165, 1.54) is 12.0 Å². The Balaban J connectivity index is 1.54. The lowest BCUT2D eigenvalue weighted by Gasteiger charge is -2.15. The first-order valence-electron chi connectivity index (χ1n) is 8.19. The van der Waals surface area contributed by atoms with Crippen molar-refractivity contribution in [3.63, 3.8) is 0 Å². The SMILES string of the molecule is Cc1ccc(OC[C@H](C)NC(=O)c2ncoc2[C@@H]2CCCO2)cc1. The van der Waals surface area contributed by atoms with Gasteiger partial charge in [-0.25, -0.2) is 4.98 Å². The van der Waals surface area contributed by atoms with Crippen LogP contribution >= 0.6 is 0 Å². The molecule has 128 valence electrons. The molecule has 1 saturated heterocycles. The molecule has 1 aliphatic rings. The van der Waals surface area contributed by atoms with Crippen LogP contribution < -0.4 is 10.1 Å². The molecule has 1 aromatic heterocycles. The Morgan fingerprint density at radius 1 is 1.42 bits per heavy atom. The molecule has 2 atom stereocenters. The van der Waals surface area contributed by atoms with E-state index < -0.39 is 0 Å². The predicted octanol–water partition coefficient (Wildman–Crippen LogP) is 3.03. The molecular weight excluding hydrogens is 308 g/mol. The van der Waals surface area contributed by atoms with E-state index in [1.807, 2.05) is 38.1 Å². The van der Waals surface area contributed by atoms with Gasteiger partial charge in [-0.2, -0.15) is 0 Å². The molecule has 1 aliphatic heterocycles. The second-order valence-corrected chi connectivity index (χ2v) is 6.07. The third kappa shape index (κ3) is 3.94. The summed E-state index contributed by atoms with van der Waals surface area (Å²) >= 11 is 0. The van der Waals surface area contributed by atoms with Crippen LogP contribution in [0.3, 0.4) is 0 Å². The van der Waals surface area contributed by atoms with Crippen molar-refractivity contribution in [2.24, 2.45) is 0 Å². The summed E-state index contributed by atoms with van der Waals surface area (Å²) in [6, 6.07) is 7.64. The van der Waals surface area contributed by atoms with Gasteiger partial charge in [0.05, 0.1) is 6.04 Å². The fraction of sp³-hybridized carbons (Fsp3) is 0.444. The minimum absolute atomic E-state index is 0.159. The molecule has 2 aromatic rings. The number of hydrogen-bond acceptors (Lipinski definition) is 5. The van der Waals surface area contributed by atoms with E-state index in [4.69, 9.17) is 13.9 Å². The zero-order chi connectivity index (χ0) is 16.9. The molecule has 0 bridgehead atoms. The molecule has 6 heteroatoms. The van der Waals surface area contributed by atoms with Crippen LogP contribution in [0.25, 0.3) is 0 Å². The molecule has 0 spiro atoms. The normalized spacial score (nSPS) is 18.3. The Labute approximate surface area is 141 Å². The van der Waals surface area contributed by atoms with Gasteiger partial charge in [0, 0.05) is 6.61 Å². The number of aromatic nitrogens is 1. The number of hydrogen-bond donors (Lipinski definition) is 1. The molecule has 0 saturated carbocycles. The van der Waals surface area contributed by atoms with E-state index >= 15 is 0 Å². The van der Waals surface area contributed by atoms with Gasteiger partial charge in [0.15, 0.2) is 17.8 Å². The number of carbonyl (C=O) groups excluding carboxylic acids is 1. The maximum atomic E-state index is 12.4. The summed E-state index contributed by atoms with van der Waals surface area (Å²) in [5.74, 6) is 1.02. The van der Waals surface area contributed by atoms with Crippen molar-refractivity contribution in [2.75, 3.05) is 13.2 Å². The maximum Gasteiger partial charge on any atom is 0.273 e. The van der Waals surface area contributed by atoms with Gasteiger partial charge in [0.25, 0.3) is 5.91 Å². The Morgan fingerprint density at radius 2 is 2.21 bits per heavy atom. The number of nitrogens with zero attached hydrogens (tertiary/aromatic N) is 1. The highest BCUT2D eigenvalue weighted by atomic mass is 16.5. The van der Waals surface area contributed by atoms with Crippen LogP contribution in [0, 0.1) is 6.92 Å². The third-order valence-electron chi connectivity index (χ3n) is 3.93. The number of carbonyl (C=O) groups is 1. The first kappa shape index (κ1) is 16.5. The zero-order valence-electron chi connectivity index (χ0n) is 14.0. The molecule has 0 unspecified atom stereocenters. The Kier molecular flexibility index (Phi) is 5.15. The summed E-state index contributed by atoms with van der Waals surface area (Å²) in [5, 5.41) is 2.89. The number of ether oxygens (including phenoxy) is 2. The molecule has 6 nitrogen and oxygen atoms in total. The van der Waals surface area contributed by atoms with E-state index in [0.717, 1.165) is 18.6 Å². The van der Waals surface area contributed by atoms with Gasteiger partial charge in [0.2, 0.25) is 0 Å². The van der Waals surface area contributed by atoms with Crippen molar-refractivity contribution in [3.8, 4) is 5.75 Å². The van der Waals surface area contributed by atoms with Gasteiger partial charge in [-0.05, 0) is 38.8 Å². The number of benzene rings is 1. The summed E-state index contributed by atoms with van der Waals surface area (Å²) in [5.41, 5.74) is 1.47. The molecule has 3 rings (SSSR count). The first-order chi connectivity index (χ1) is 11.6. The summed E-state index contributed by atoms with van der Waals surface area (Å²) in [4.78, 5) is 16.4. The fourth-order valence-corrected chi connectivity index (χ4v) is 2.63. The predicted molar refractivity (Wildman–Crippen MR) is 88.0 cm³/mol. The topological polar surface area (TPSA) is 73.6 Å². The van der Waals surface area contributed by atoms with E-state index in [-0.39, 0.29) is 18.1 Å². The summed E-state index contributed by atoms with van der Waals surface area (Å²) < 4.78 is 16.6. The third-order valence-corrected chi connectivity index (χ3v) is 3.93. The number of amides is 1. The highest BCUT2D eigenvalue weighted by Gasteiger charge is 2.28. The van der Waals surface area contributed by atoms with E-state index in [2.05, 4.69) is 10.3 Å². The fourth-order valence-electron chi connectivity index (χ4n) is 2.63. The second kappa shape index (κ2) is 7.49. The van der Waals surface area contributed by atoms with Crippen molar-refractivity contribution in [2.45, 2.75) is 38.8 Å². The van der Waals surface area contributed by atoms with E-state index in [0.29, 0.717) is 24.7 Å². The van der Waals surface area contributed by atoms with Gasteiger partial charge in [-0.15, -0.1) is 0 Å². The Morgan fingerprint density at radius 3 is 2.92 bits per heavy atom. The zero-order valence-corrected chi connectivity index (χ0v) is 14.0. The average molecular weight is 330 g/mol. The Bertz CT molecular complexity index is 675. The monoisotopic (exact) mass is 330 g/mol. The van der Waals surface area contributed by atoms with Crippen molar-refractivity contribution in [1.82, 2.24) is 10.3 Å². The lowest BCUT2D eigenvalue weighted by Crippen LogP contribution is -2.37. The van der Waals surface area contributed by atoms with Gasteiger partial charge >= 0.3 is 0 Å². The van der Waals surface area contributed by atoms with Crippen molar-refractivity contribution in [1.29, 1.82) is 0 Å². The Hall–Kier alpha value is -2.34. The highest BCUT2D eigenvalue weighted by Crippen LogP contribution is 2.30. The largest absolute Gasteiger partial charge is 0.491 e. The van der Waals surface area contributed by atoms with Crippen LogP contribution in [0.4, 0.5) is 0 Å². The lowest BCUT2D eigenvalue weighted by molar-refractivity contribution is 0.0847. The maximum absolute atomic E-state index is 12.4. The van der Waals surface area contributed by atoms with Crippen LogP contribution in [0.15, 0.2) is 35.1 Å². The minimum atomic E-state index is -0.269. The average Bonchev–Trinajstić information content (AvgIpc) is 3.25. The molecule has 1 fully saturated rings. The van der Waals surface area contributed by atoms with Gasteiger partial charge in [-0.1, -0.05) is 17.7 Å². The molecule has 1 N–H and O–H groups in total. The van der Waals surface area contributed by atoms with Crippen LogP contribution in [0.1, 0.15) is 47.7 Å². The van der Waals surface area contributed by atoms with Crippen LogP contribution in [-0.2, 0) is 4.74 Å². The van der Waals surface area contributed by atoms with Crippen LogP contribution in [0.2, 0.25) is 0 Å². The van der Waals surface area contributed by atoms with Crippen molar-refractivity contribution in [3.05, 3.63) is 47.7 Å². The number of nitrogens with one attached hydrogen (secondary N) is 1. The quantitative estimate of drug-likeness (QED) is 0.881. The molecule has 24 heavy (non-hydrogen) atoms. The van der Waals surface area contributed by atoms with E-state index in [9.17, 15) is 4.79 Å². The van der Waals surface area contributed by atoms with Crippen molar-refractivity contribution >= 4 is 5.91 Å². The number of rotatable bonds is 6. The minimum Gasteiger partial charge on any atom is -0.491 e. The highest BCUT2D eigenvalue weighted by molar-refractivity contribution is 5.93. The summed E-state index contributed by atoms with van der Waals surface area (Å²) in [6.07, 6.45) is 2.93. The molecule has 0 aliphatic carbocycles. The molecular formula is C18H22N2O4. The lowest BCUT2D eigenvalue weighted by atomic mass is 10.1. The second-order valence-electron chi connectivity index (χ2n) is 6.07. The van der Waals surface area contributed by atoms with Crippen LogP contribution in [0.5, 0.6) is 5.75 Å². The van der Waals surface area contributed by atoms with Crippen LogP contribution in [-0.4, -0.2) is 30.1 Å². The molecule has 1 aromatic carbocycles. The van der Waals surface area contributed by atoms with Gasteiger partial charge in [0.1, 0.15) is 18.5 Å². The van der Waals surface area contributed by atoms with Crippen molar-refractivity contribution < 1.29 is 18.7 Å². The summed E-state index contributed by atoms with van der Waals surface area (Å²) in [6.45, 7) is 4.98. The van der Waals surface area contributed by atoms with Gasteiger partial charge < -0.3 is 19.2 Å². The first-order valence-corrected chi connectivity index (χ1v) is 8.19. The van der Waals surface area contributed by atoms with E-state index in [1.54, 1.807) is 0 Å². The molecule has 0 radical (unpaired) electrons. The standard InChI is InChI=1S/C18H22N2O4/c1-12-5-7-14(8-6-12)23-10-13(2)20-18(21)16-17(24-11-19-16)15-4-3-9-22-15/h5-8,11,13,15H,3-4,9-10H2,1-2H3,(H,20,21)/t13-,15-/m0/s1. The number of oxazole rings is 1. The smallest absolute Gasteiger partial charge is 0.273 e. The van der Waals surface area contributed by atoms with Gasteiger partial charge in [-0.3, -0.25) is 4.79 Å².